The standard InChI is InChI=1S/2C23H27.C2H5.2ClH.Zr/c2*1-6-7-8-19-13-21-18(5)17(4)12-22(23(21)14-19)20-10-15(2)9-16(3)11-20;1-2;;;/h2*9-14H,6-8H2,1-5H3;1H2,2H3;2*1H;/q3*-1;;;+2/p-2. The summed E-state index contributed by atoms with van der Waals surface area (Å²) >= 11 is -0.826. The van der Waals surface area contributed by atoms with Crippen molar-refractivity contribution in [2.24, 2.45) is 0 Å². The van der Waals surface area contributed by atoms with Crippen molar-refractivity contribution in [1.29, 1.82) is 0 Å². The summed E-state index contributed by atoms with van der Waals surface area (Å²) in [5.41, 5.74) is 19.4. The molecule has 0 N–H and O–H groups in total. The molecule has 0 aliphatic heterocycles. The van der Waals surface area contributed by atoms with Gasteiger partial charge in [0.1, 0.15) is 0 Å². The van der Waals surface area contributed by atoms with Crippen LogP contribution in [-0.2, 0) is 33.7 Å². The molecule has 3 heteroatoms. The number of halogens is 2. The second kappa shape index (κ2) is 20.7. The van der Waals surface area contributed by atoms with Gasteiger partial charge in [-0.25, -0.2) is 0 Å². The zero-order chi connectivity index (χ0) is 37.8. The van der Waals surface area contributed by atoms with Crippen LogP contribution < -0.4 is 0 Å². The van der Waals surface area contributed by atoms with Gasteiger partial charge < -0.3 is 6.92 Å². The first-order chi connectivity index (χ1) is 24.4. The Hall–Kier alpha value is -2.44. The van der Waals surface area contributed by atoms with Crippen LogP contribution in [-0.4, -0.2) is 0 Å². The van der Waals surface area contributed by atoms with Gasteiger partial charge in [-0.15, -0.1) is 55.9 Å². The summed E-state index contributed by atoms with van der Waals surface area (Å²) in [5.74, 6) is 0. The van der Waals surface area contributed by atoms with Crippen molar-refractivity contribution >= 4 is 38.6 Å². The van der Waals surface area contributed by atoms with E-state index in [4.69, 9.17) is 17.0 Å². The molecule has 272 valence electrons. The van der Waals surface area contributed by atoms with Crippen molar-refractivity contribution in [2.75, 3.05) is 0 Å². The van der Waals surface area contributed by atoms with E-state index in [2.05, 4.69) is 149 Å². The molecule has 0 amide bonds. The SMILES string of the molecule is CCCCc1cc2c(-c3cc(C)cc(C)c3)cc(C)c(C)c2[cH-]1.CCCCc1cc2c(-c3cc(C)cc(C)c3)cc(C)c(C)c2[cH-]1.[CH2-]C.[Cl][Zr][Cl]. The Bertz CT molecular complexity index is 1830. The van der Waals surface area contributed by atoms with Crippen molar-refractivity contribution < 1.29 is 20.8 Å². The van der Waals surface area contributed by atoms with Crippen molar-refractivity contribution in [3.8, 4) is 22.3 Å². The summed E-state index contributed by atoms with van der Waals surface area (Å²) in [4.78, 5) is 0. The zero-order valence-electron chi connectivity index (χ0n) is 33.1. The third kappa shape index (κ3) is 11.3. The molecule has 0 atom stereocenters. The van der Waals surface area contributed by atoms with E-state index in [-0.39, 0.29) is 0 Å². The van der Waals surface area contributed by atoms with Crippen LogP contribution in [0.15, 0.2) is 72.8 Å². The zero-order valence-corrected chi connectivity index (χ0v) is 37.1. The van der Waals surface area contributed by atoms with Gasteiger partial charge in [0.2, 0.25) is 0 Å². The molecule has 0 unspecified atom stereocenters. The van der Waals surface area contributed by atoms with Gasteiger partial charge in [-0.1, -0.05) is 146 Å². The Morgan fingerprint density at radius 3 is 1.12 bits per heavy atom. The van der Waals surface area contributed by atoms with Gasteiger partial charge >= 0.3 is 37.9 Å². The Balaban J connectivity index is 0.000000245. The van der Waals surface area contributed by atoms with E-state index in [9.17, 15) is 0 Å². The fraction of sp³-hybridized carbons (Fsp3) is 0.354. The molecule has 0 nitrogen and oxygen atoms in total. The molecule has 0 heterocycles. The molecule has 6 aromatic carbocycles. The van der Waals surface area contributed by atoms with Gasteiger partial charge in [0.05, 0.1) is 0 Å². The molecule has 51 heavy (non-hydrogen) atoms. The molecule has 0 bridgehead atoms. The van der Waals surface area contributed by atoms with Gasteiger partial charge in [0, 0.05) is 0 Å². The Labute approximate surface area is 329 Å². The third-order valence-electron chi connectivity index (χ3n) is 9.90. The van der Waals surface area contributed by atoms with Crippen molar-refractivity contribution in [3.63, 3.8) is 0 Å². The number of hydrogen-bond acceptors (Lipinski definition) is 0. The summed E-state index contributed by atoms with van der Waals surface area (Å²) in [6, 6.07) is 28.2. The number of rotatable bonds is 8. The second-order valence-electron chi connectivity index (χ2n) is 14.1. The predicted molar refractivity (Wildman–Crippen MR) is 228 cm³/mol. The molecule has 0 aliphatic carbocycles. The molecule has 0 aliphatic rings. The van der Waals surface area contributed by atoms with Gasteiger partial charge in [0.15, 0.2) is 0 Å². The molecule has 6 rings (SSSR count). The molecular formula is C48H59Cl2Zr-3. The van der Waals surface area contributed by atoms with Crippen LogP contribution in [0.2, 0.25) is 0 Å². The summed E-state index contributed by atoms with van der Waals surface area (Å²) in [7, 11) is 9.87. The minimum atomic E-state index is -0.826. The quantitative estimate of drug-likeness (QED) is 0.135. The summed E-state index contributed by atoms with van der Waals surface area (Å²) in [6.07, 6.45) is 7.43. The van der Waals surface area contributed by atoms with Gasteiger partial charge in [-0.3, -0.25) is 0 Å². The molecule has 0 fully saturated rings. The number of hydrogen-bond donors (Lipinski definition) is 0. The van der Waals surface area contributed by atoms with Crippen LogP contribution in [0, 0.1) is 62.3 Å². The van der Waals surface area contributed by atoms with E-state index in [1.165, 1.54) is 138 Å². The molecule has 0 aromatic heterocycles. The number of aryl methyl sites for hydroxylation is 10. The maximum atomic E-state index is 4.93. The van der Waals surface area contributed by atoms with E-state index in [1.807, 2.05) is 0 Å². The third-order valence-corrected chi connectivity index (χ3v) is 9.90. The average Bonchev–Trinajstić information content (AvgIpc) is 3.72. The van der Waals surface area contributed by atoms with Crippen LogP contribution >= 0.6 is 17.0 Å². The Morgan fingerprint density at radius 2 is 0.824 bits per heavy atom. The van der Waals surface area contributed by atoms with Crippen LogP contribution in [0.25, 0.3) is 43.8 Å². The van der Waals surface area contributed by atoms with Gasteiger partial charge in [-0.2, -0.15) is 19.1 Å². The summed E-state index contributed by atoms with van der Waals surface area (Å²) < 4.78 is 0. The van der Waals surface area contributed by atoms with Crippen LogP contribution in [0.5, 0.6) is 0 Å². The fourth-order valence-electron chi connectivity index (χ4n) is 7.22. The molecule has 6 aromatic rings. The monoisotopic (exact) mass is 795 g/mol. The molecule has 0 saturated heterocycles. The van der Waals surface area contributed by atoms with Crippen molar-refractivity contribution in [1.82, 2.24) is 0 Å². The van der Waals surface area contributed by atoms with Crippen LogP contribution in [0.4, 0.5) is 0 Å². The number of fused-ring (bicyclic) bond motifs is 2. The number of unbranched alkanes of at least 4 members (excludes halogenated alkanes) is 2. The summed E-state index contributed by atoms with van der Waals surface area (Å²) in [6.45, 7) is 27.3. The van der Waals surface area contributed by atoms with Gasteiger partial charge in [0.25, 0.3) is 0 Å². The van der Waals surface area contributed by atoms with Crippen molar-refractivity contribution in [2.45, 2.75) is 115 Å². The van der Waals surface area contributed by atoms with Crippen molar-refractivity contribution in [3.05, 3.63) is 135 Å². The fourth-order valence-corrected chi connectivity index (χ4v) is 7.22. The first-order valence-corrected chi connectivity index (χ1v) is 25.0. The van der Waals surface area contributed by atoms with E-state index in [1.54, 1.807) is 6.92 Å². The first-order valence-electron chi connectivity index (χ1n) is 18.6. The Morgan fingerprint density at radius 1 is 0.510 bits per heavy atom. The van der Waals surface area contributed by atoms with Gasteiger partial charge in [-0.05, 0) is 65.5 Å². The molecule has 0 radical (unpaired) electrons. The first kappa shape index (κ1) is 43.0. The second-order valence-corrected chi connectivity index (χ2v) is 17.9. The minimum absolute atomic E-state index is 0.826. The molecule has 0 spiro atoms. The van der Waals surface area contributed by atoms with E-state index >= 15 is 0 Å². The average molecular weight is 798 g/mol. The molecule has 0 saturated carbocycles. The van der Waals surface area contributed by atoms with E-state index in [0.717, 1.165) is 0 Å². The predicted octanol–water partition coefficient (Wildman–Crippen LogP) is 15.8. The number of benzene rings is 4. The normalized spacial score (nSPS) is 10.6. The topological polar surface area (TPSA) is 0 Å². The summed E-state index contributed by atoms with van der Waals surface area (Å²) in [5, 5.41) is 5.71. The Kier molecular flexibility index (Phi) is 17.5. The van der Waals surface area contributed by atoms with Crippen LogP contribution in [0.1, 0.15) is 102 Å². The molecular weight excluding hydrogens is 739 g/mol. The van der Waals surface area contributed by atoms with E-state index in [0.29, 0.717) is 0 Å². The van der Waals surface area contributed by atoms with E-state index < -0.39 is 20.8 Å². The van der Waals surface area contributed by atoms with Crippen LogP contribution in [0.3, 0.4) is 0 Å². The maximum absolute atomic E-state index is 4.93.